The van der Waals surface area contributed by atoms with Crippen LogP contribution >= 0.6 is 0 Å². The van der Waals surface area contributed by atoms with Crippen LogP contribution in [0.2, 0.25) is 0 Å². The van der Waals surface area contributed by atoms with E-state index in [1.54, 1.807) is 12.1 Å². The molecule has 0 saturated heterocycles. The molecule has 1 rings (SSSR count). The Kier molecular flexibility index (Phi) is 19.0. The molecule has 194 valence electrons. The predicted octanol–water partition coefficient (Wildman–Crippen LogP) is 6.82. The van der Waals surface area contributed by atoms with Gasteiger partial charge in [0.05, 0.1) is 0 Å². The first-order valence-electron chi connectivity index (χ1n) is 13.9. The summed E-state index contributed by atoms with van der Waals surface area (Å²) in [5.41, 5.74) is 1.03. The molecule has 5 nitrogen and oxygen atoms in total. The molecular weight excluding hydrogens is 424 g/mol. The Morgan fingerprint density at radius 3 is 1.50 bits per heavy atom. The summed E-state index contributed by atoms with van der Waals surface area (Å²) in [4.78, 5) is 23.8. The molecule has 0 saturated carbocycles. The maximum Gasteiger partial charge on any atom is 0.229 e. The molecular formula is C29H50N2O3. The van der Waals surface area contributed by atoms with Gasteiger partial charge in [-0.2, -0.15) is 0 Å². The first kappa shape index (κ1) is 30.0. The minimum absolute atomic E-state index is 0.117. The Balaban J connectivity index is 1.81. The second kappa shape index (κ2) is 21.5. The third kappa shape index (κ3) is 18.4. The van der Waals surface area contributed by atoms with Gasteiger partial charge in [-0.1, -0.05) is 115 Å². The molecule has 1 aromatic rings. The first-order valence-corrected chi connectivity index (χ1v) is 13.9. The Hall–Kier alpha value is -2.04. The molecule has 0 radical (unpaired) electrons. The highest BCUT2D eigenvalue weighted by atomic mass is 16.3. The number of carbonyl (C=O) groups is 2. The van der Waals surface area contributed by atoms with Crippen LogP contribution in [0, 0.1) is 0 Å². The van der Waals surface area contributed by atoms with E-state index in [1.165, 1.54) is 89.9 Å². The van der Waals surface area contributed by atoms with E-state index in [4.69, 9.17) is 0 Å². The summed E-state index contributed by atoms with van der Waals surface area (Å²) in [6.07, 6.45) is 21.9. The molecule has 0 aromatic heterocycles. The summed E-state index contributed by atoms with van der Waals surface area (Å²) in [5.74, 6) is -0.222. The monoisotopic (exact) mass is 474 g/mol. The van der Waals surface area contributed by atoms with Gasteiger partial charge in [0, 0.05) is 13.1 Å². The van der Waals surface area contributed by atoms with Crippen LogP contribution in [0.3, 0.4) is 0 Å². The molecule has 1 aromatic carbocycles. The number of hydrogen-bond donors (Lipinski definition) is 3. The third-order valence-electron chi connectivity index (χ3n) is 6.35. The Morgan fingerprint density at radius 1 is 0.618 bits per heavy atom. The molecule has 0 fully saturated rings. The summed E-state index contributed by atoms with van der Waals surface area (Å²) in [6.45, 7) is 3.41. The summed E-state index contributed by atoms with van der Waals surface area (Å²) in [6, 6.07) is 6.91. The number of rotatable bonds is 22. The molecule has 0 aliphatic rings. The van der Waals surface area contributed by atoms with E-state index in [0.29, 0.717) is 19.5 Å². The fraction of sp³-hybridized carbons (Fsp3) is 0.724. The van der Waals surface area contributed by atoms with Crippen molar-refractivity contribution in [2.45, 2.75) is 122 Å². The lowest BCUT2D eigenvalue weighted by Crippen LogP contribution is -2.33. The lowest BCUT2D eigenvalue weighted by Gasteiger charge is -2.07. The molecule has 0 unspecified atom stereocenters. The van der Waals surface area contributed by atoms with Crippen LogP contribution in [0.4, 0.5) is 0 Å². The second-order valence-electron chi connectivity index (χ2n) is 9.60. The van der Waals surface area contributed by atoms with E-state index in [1.807, 2.05) is 12.1 Å². The van der Waals surface area contributed by atoms with E-state index >= 15 is 0 Å². The van der Waals surface area contributed by atoms with Crippen molar-refractivity contribution in [2.24, 2.45) is 0 Å². The smallest absolute Gasteiger partial charge is 0.229 e. The fourth-order valence-electron chi connectivity index (χ4n) is 4.18. The van der Waals surface area contributed by atoms with E-state index < -0.39 is 0 Å². The quantitative estimate of drug-likeness (QED) is 0.127. The fourth-order valence-corrected chi connectivity index (χ4v) is 4.18. The molecule has 0 aliphatic heterocycles. The topological polar surface area (TPSA) is 78.4 Å². The number of amides is 2. The maximum atomic E-state index is 11.9. The van der Waals surface area contributed by atoms with Gasteiger partial charge >= 0.3 is 0 Å². The highest BCUT2D eigenvalue weighted by Crippen LogP contribution is 2.13. The lowest BCUT2D eigenvalue weighted by atomic mass is 10.0. The van der Waals surface area contributed by atoms with Crippen molar-refractivity contribution in [1.82, 2.24) is 10.6 Å². The van der Waals surface area contributed by atoms with Crippen molar-refractivity contribution in [3.8, 4) is 5.75 Å². The van der Waals surface area contributed by atoms with Gasteiger partial charge in [0.1, 0.15) is 12.2 Å². The van der Waals surface area contributed by atoms with Crippen molar-refractivity contribution < 1.29 is 14.7 Å². The van der Waals surface area contributed by atoms with Crippen molar-refractivity contribution in [1.29, 1.82) is 0 Å². The SMILES string of the molecule is CCCCCCCCCCCCCCCCCCNC(=O)CC(=O)NCCc1ccc(O)cc1. The molecule has 2 amide bonds. The third-order valence-corrected chi connectivity index (χ3v) is 6.35. The summed E-state index contributed by atoms with van der Waals surface area (Å²) in [7, 11) is 0. The van der Waals surface area contributed by atoms with Crippen molar-refractivity contribution >= 4 is 11.8 Å². The Morgan fingerprint density at radius 2 is 1.03 bits per heavy atom. The highest BCUT2D eigenvalue weighted by Gasteiger charge is 2.08. The number of benzene rings is 1. The minimum Gasteiger partial charge on any atom is -0.508 e. The van der Waals surface area contributed by atoms with Crippen LogP contribution in [0.15, 0.2) is 24.3 Å². The summed E-state index contributed by atoms with van der Waals surface area (Å²) < 4.78 is 0. The average molecular weight is 475 g/mol. The van der Waals surface area contributed by atoms with E-state index in [-0.39, 0.29) is 24.0 Å². The normalized spacial score (nSPS) is 10.9. The molecule has 3 N–H and O–H groups in total. The Bertz CT molecular complexity index is 631. The molecule has 0 heterocycles. The lowest BCUT2D eigenvalue weighted by molar-refractivity contribution is -0.129. The number of phenols is 1. The van der Waals surface area contributed by atoms with Gasteiger partial charge in [0.15, 0.2) is 0 Å². The van der Waals surface area contributed by atoms with E-state index in [9.17, 15) is 14.7 Å². The first-order chi connectivity index (χ1) is 16.6. The van der Waals surface area contributed by atoms with Gasteiger partial charge in [0.2, 0.25) is 11.8 Å². The summed E-state index contributed by atoms with van der Waals surface area (Å²) >= 11 is 0. The molecule has 0 atom stereocenters. The van der Waals surface area contributed by atoms with E-state index in [2.05, 4.69) is 17.6 Å². The molecule has 5 heteroatoms. The number of carbonyl (C=O) groups excluding carboxylic acids is 2. The minimum atomic E-state index is -0.247. The van der Waals surface area contributed by atoms with Crippen LogP contribution in [0.1, 0.15) is 122 Å². The zero-order valence-corrected chi connectivity index (χ0v) is 21.7. The van der Waals surface area contributed by atoms with Gasteiger partial charge < -0.3 is 15.7 Å². The average Bonchev–Trinajstić information content (AvgIpc) is 2.82. The van der Waals surface area contributed by atoms with Crippen molar-refractivity contribution in [3.63, 3.8) is 0 Å². The number of phenolic OH excluding ortho intramolecular Hbond substituents is 1. The number of nitrogens with one attached hydrogen (secondary N) is 2. The van der Waals surface area contributed by atoms with Crippen LogP contribution in [-0.4, -0.2) is 30.0 Å². The maximum absolute atomic E-state index is 11.9. The highest BCUT2D eigenvalue weighted by molar-refractivity contribution is 5.96. The van der Waals surface area contributed by atoms with Crippen LogP contribution < -0.4 is 10.6 Å². The van der Waals surface area contributed by atoms with Crippen LogP contribution in [0.5, 0.6) is 5.75 Å². The zero-order valence-electron chi connectivity index (χ0n) is 21.7. The van der Waals surface area contributed by atoms with Gasteiger partial charge in [-0.3, -0.25) is 9.59 Å². The second-order valence-corrected chi connectivity index (χ2v) is 9.60. The van der Waals surface area contributed by atoms with Gasteiger partial charge in [-0.25, -0.2) is 0 Å². The van der Waals surface area contributed by atoms with Gasteiger partial charge in [-0.05, 0) is 30.5 Å². The molecule has 0 aliphatic carbocycles. The largest absolute Gasteiger partial charge is 0.508 e. The molecule has 0 spiro atoms. The van der Waals surface area contributed by atoms with Crippen LogP contribution in [-0.2, 0) is 16.0 Å². The van der Waals surface area contributed by atoms with Crippen LogP contribution in [0.25, 0.3) is 0 Å². The Labute approximate surface area is 208 Å². The van der Waals surface area contributed by atoms with E-state index in [0.717, 1.165) is 18.4 Å². The number of aromatic hydroxyl groups is 1. The summed E-state index contributed by atoms with van der Waals surface area (Å²) in [5, 5.41) is 14.9. The zero-order chi connectivity index (χ0) is 24.7. The van der Waals surface area contributed by atoms with Gasteiger partial charge in [0.25, 0.3) is 0 Å². The predicted molar refractivity (Wildman–Crippen MR) is 142 cm³/mol. The number of unbranched alkanes of at least 4 members (excludes halogenated alkanes) is 15. The molecule has 34 heavy (non-hydrogen) atoms. The molecule has 0 bridgehead atoms. The van der Waals surface area contributed by atoms with Gasteiger partial charge in [-0.15, -0.1) is 0 Å². The van der Waals surface area contributed by atoms with Crippen molar-refractivity contribution in [3.05, 3.63) is 29.8 Å². The number of hydrogen-bond acceptors (Lipinski definition) is 3. The standard InChI is InChI=1S/C29H50N2O3/c1-2-3-4-5-6-7-8-9-10-11-12-13-14-15-16-17-23-30-28(33)25-29(34)31-24-22-26-18-20-27(32)21-19-26/h18-21,32H,2-17,22-25H2,1H3,(H,30,33)(H,31,34). The van der Waals surface area contributed by atoms with Crippen molar-refractivity contribution in [2.75, 3.05) is 13.1 Å².